The number of hydrogen-bond acceptors (Lipinski definition) is 1. The number of nitrogens with zero attached hydrogens (tertiary/aromatic N) is 1. The first-order chi connectivity index (χ1) is 3.00. The Balaban J connectivity index is 0. The molecule has 1 aromatic heterocycles. The minimum absolute atomic E-state index is 0. The average molecular weight is 110 g/mol. The van der Waals surface area contributed by atoms with Crippen molar-refractivity contribution in [1.82, 2.24) is 4.98 Å². The molecule has 0 saturated carbocycles. The molecule has 3 radical (unpaired) electrons. The molecule has 0 aliphatic carbocycles. The first-order valence-electron chi connectivity index (χ1n) is 1.85. The van der Waals surface area contributed by atoms with E-state index in [1.807, 2.05) is 18.2 Å². The molecule has 1 aromatic rings. The van der Waals surface area contributed by atoms with Crippen LogP contribution in [-0.2, 0) is 0 Å². The van der Waals surface area contributed by atoms with Crippen LogP contribution in [0.5, 0.6) is 0 Å². The highest BCUT2D eigenvalue weighted by Crippen LogP contribution is 1.73. The highest BCUT2D eigenvalue weighted by molar-refractivity contribution is 5.75. The van der Waals surface area contributed by atoms with Crippen LogP contribution in [0, 0.1) is 0 Å². The predicted octanol–water partition coefficient (Wildman–Crippen LogP) is 0.853. The fraction of sp³-hybridized carbons (Fsp3) is 0. The van der Waals surface area contributed by atoms with Crippen molar-refractivity contribution >= 4 is 8.41 Å². The van der Waals surface area contributed by atoms with Gasteiger partial charge in [0.05, 0.1) is 0 Å². The van der Waals surface area contributed by atoms with Gasteiger partial charge in [-0.2, -0.15) is 0 Å². The SMILES string of the molecule is F.[B].c1ccncc1. The Morgan fingerprint density at radius 1 is 0.875 bits per heavy atom. The van der Waals surface area contributed by atoms with Crippen molar-refractivity contribution in [3.05, 3.63) is 30.6 Å². The molecule has 0 fully saturated rings. The number of pyridine rings is 1. The summed E-state index contributed by atoms with van der Waals surface area (Å²) in [6.45, 7) is 0. The molecule has 0 bridgehead atoms. The molecule has 0 saturated heterocycles. The van der Waals surface area contributed by atoms with E-state index in [1.54, 1.807) is 12.4 Å². The van der Waals surface area contributed by atoms with Gasteiger partial charge in [-0.1, -0.05) is 6.07 Å². The van der Waals surface area contributed by atoms with Gasteiger partial charge in [0, 0.05) is 20.8 Å². The topological polar surface area (TPSA) is 12.9 Å². The van der Waals surface area contributed by atoms with Gasteiger partial charge in [0.1, 0.15) is 0 Å². The second kappa shape index (κ2) is 6.14. The quantitative estimate of drug-likeness (QED) is 0.451. The van der Waals surface area contributed by atoms with Crippen molar-refractivity contribution in [2.24, 2.45) is 0 Å². The minimum atomic E-state index is 0. The first kappa shape index (κ1) is 10.2. The molecule has 1 rings (SSSR count). The fourth-order valence-corrected chi connectivity index (χ4v) is 0.313. The summed E-state index contributed by atoms with van der Waals surface area (Å²) < 4.78 is 0. The normalized spacial score (nSPS) is 6.00. The van der Waals surface area contributed by atoms with Gasteiger partial charge in [0.2, 0.25) is 0 Å². The molecule has 0 amide bonds. The van der Waals surface area contributed by atoms with Gasteiger partial charge >= 0.3 is 0 Å². The Kier molecular flexibility index (Phi) is 7.83. The predicted molar refractivity (Wildman–Crippen MR) is 32.5 cm³/mol. The van der Waals surface area contributed by atoms with Crippen molar-refractivity contribution in [3.63, 3.8) is 0 Å². The lowest BCUT2D eigenvalue weighted by Gasteiger charge is -1.70. The molecule has 0 atom stereocenters. The molecular weight excluding hydrogens is 104 g/mol. The van der Waals surface area contributed by atoms with Crippen LogP contribution in [0.4, 0.5) is 4.70 Å². The zero-order valence-corrected chi connectivity index (χ0v) is 4.32. The molecule has 0 unspecified atom stereocenters. The second-order valence-corrected chi connectivity index (χ2v) is 1.02. The number of halogens is 1. The highest BCUT2D eigenvalue weighted by Gasteiger charge is 1.58. The van der Waals surface area contributed by atoms with Gasteiger partial charge in [0.25, 0.3) is 0 Å². The Bertz CT molecular complexity index is 84.4. The van der Waals surface area contributed by atoms with E-state index in [1.165, 1.54) is 0 Å². The van der Waals surface area contributed by atoms with Crippen molar-refractivity contribution in [3.8, 4) is 0 Å². The van der Waals surface area contributed by atoms with Crippen LogP contribution in [0.25, 0.3) is 0 Å². The second-order valence-electron chi connectivity index (χ2n) is 1.02. The van der Waals surface area contributed by atoms with Gasteiger partial charge < -0.3 is 0 Å². The molecule has 0 aliphatic rings. The minimum Gasteiger partial charge on any atom is -0.269 e. The highest BCUT2D eigenvalue weighted by atomic mass is 19.0. The molecule has 8 heavy (non-hydrogen) atoms. The third kappa shape index (κ3) is 3.34. The number of aromatic nitrogens is 1. The van der Waals surface area contributed by atoms with Crippen LogP contribution >= 0.6 is 0 Å². The maximum Gasteiger partial charge on any atom is 0.0267 e. The Labute approximate surface area is 49.7 Å². The summed E-state index contributed by atoms with van der Waals surface area (Å²) in [6, 6.07) is 5.72. The lowest BCUT2D eigenvalue weighted by molar-refractivity contribution is 1.11. The zero-order chi connectivity index (χ0) is 4.24. The summed E-state index contributed by atoms with van der Waals surface area (Å²) in [4.78, 5) is 3.78. The summed E-state index contributed by atoms with van der Waals surface area (Å²) in [7, 11) is 0. The van der Waals surface area contributed by atoms with E-state index in [-0.39, 0.29) is 13.1 Å². The smallest absolute Gasteiger partial charge is 0.0267 e. The van der Waals surface area contributed by atoms with Crippen LogP contribution < -0.4 is 0 Å². The summed E-state index contributed by atoms with van der Waals surface area (Å²) in [6.07, 6.45) is 3.50. The maximum atomic E-state index is 3.78. The van der Waals surface area contributed by atoms with Gasteiger partial charge in [-0.15, -0.1) is 0 Å². The third-order valence-electron chi connectivity index (χ3n) is 0.566. The van der Waals surface area contributed by atoms with E-state index in [9.17, 15) is 0 Å². The van der Waals surface area contributed by atoms with Crippen molar-refractivity contribution in [2.75, 3.05) is 0 Å². The van der Waals surface area contributed by atoms with E-state index in [0.29, 0.717) is 0 Å². The van der Waals surface area contributed by atoms with Crippen LogP contribution in [0.2, 0.25) is 0 Å². The summed E-state index contributed by atoms with van der Waals surface area (Å²) in [5, 5.41) is 0. The lowest BCUT2D eigenvalue weighted by Crippen LogP contribution is -1.58. The van der Waals surface area contributed by atoms with Crippen LogP contribution in [-0.4, -0.2) is 13.4 Å². The van der Waals surface area contributed by atoms with E-state index in [2.05, 4.69) is 4.98 Å². The van der Waals surface area contributed by atoms with Gasteiger partial charge in [-0.05, 0) is 12.1 Å². The maximum absolute atomic E-state index is 3.78. The lowest BCUT2D eigenvalue weighted by atomic mass is 10.5. The largest absolute Gasteiger partial charge is 0.269 e. The molecular formula is C5H6BFN. The molecule has 0 N–H and O–H groups in total. The molecule has 3 heteroatoms. The van der Waals surface area contributed by atoms with E-state index < -0.39 is 0 Å². The van der Waals surface area contributed by atoms with Crippen molar-refractivity contribution in [2.45, 2.75) is 0 Å². The standard InChI is InChI=1S/C5H5N.B.FH/c1-2-4-6-5-3-1;;/h1-5H;;1H. The Morgan fingerprint density at radius 2 is 1.38 bits per heavy atom. The summed E-state index contributed by atoms with van der Waals surface area (Å²) >= 11 is 0. The summed E-state index contributed by atoms with van der Waals surface area (Å²) in [5.74, 6) is 0. The van der Waals surface area contributed by atoms with E-state index in [4.69, 9.17) is 0 Å². The Hall–Kier alpha value is -0.855. The van der Waals surface area contributed by atoms with Crippen molar-refractivity contribution < 1.29 is 4.70 Å². The fourth-order valence-electron chi connectivity index (χ4n) is 0.313. The van der Waals surface area contributed by atoms with Gasteiger partial charge in [-0.3, -0.25) is 9.69 Å². The number of hydrogen-bond donors (Lipinski definition) is 0. The number of rotatable bonds is 0. The molecule has 0 aromatic carbocycles. The molecule has 41 valence electrons. The van der Waals surface area contributed by atoms with Gasteiger partial charge in [-0.25, -0.2) is 0 Å². The zero-order valence-electron chi connectivity index (χ0n) is 4.32. The van der Waals surface area contributed by atoms with Crippen LogP contribution in [0.1, 0.15) is 0 Å². The van der Waals surface area contributed by atoms with E-state index in [0.717, 1.165) is 0 Å². The molecule has 1 heterocycles. The first-order valence-corrected chi connectivity index (χ1v) is 1.85. The monoisotopic (exact) mass is 110 g/mol. The Morgan fingerprint density at radius 3 is 1.50 bits per heavy atom. The van der Waals surface area contributed by atoms with E-state index >= 15 is 0 Å². The van der Waals surface area contributed by atoms with Crippen molar-refractivity contribution in [1.29, 1.82) is 0 Å². The van der Waals surface area contributed by atoms with Crippen LogP contribution in [0.3, 0.4) is 0 Å². The molecule has 1 nitrogen and oxygen atoms in total. The molecule has 0 spiro atoms. The average Bonchev–Trinajstić information content (AvgIpc) is 1.72. The third-order valence-corrected chi connectivity index (χ3v) is 0.566. The van der Waals surface area contributed by atoms with Crippen LogP contribution in [0.15, 0.2) is 30.6 Å². The summed E-state index contributed by atoms with van der Waals surface area (Å²) in [5.41, 5.74) is 0. The molecule has 0 aliphatic heterocycles. The van der Waals surface area contributed by atoms with Gasteiger partial charge in [0.15, 0.2) is 0 Å².